The number of anilines is 2. The number of aromatic nitrogens is 4. The number of halogens is 3. The van der Waals surface area contributed by atoms with Gasteiger partial charge < -0.3 is 21.1 Å². The molecular formula is C31H39F3N8O3. The Kier molecular flexibility index (Phi) is 9.44. The molecule has 242 valence electrons. The van der Waals surface area contributed by atoms with Gasteiger partial charge in [0.15, 0.2) is 5.69 Å². The fourth-order valence-corrected chi connectivity index (χ4v) is 6.54. The van der Waals surface area contributed by atoms with Gasteiger partial charge in [-0.25, -0.2) is 14.8 Å². The highest BCUT2D eigenvalue weighted by Crippen LogP contribution is 2.42. The highest BCUT2D eigenvalue weighted by atomic mass is 19.4. The molecular weight excluding hydrogens is 589 g/mol. The average Bonchev–Trinajstić information content (AvgIpc) is 3.47. The van der Waals surface area contributed by atoms with Gasteiger partial charge in [0.25, 0.3) is 5.91 Å². The summed E-state index contributed by atoms with van der Waals surface area (Å²) in [5.41, 5.74) is 11.3. The van der Waals surface area contributed by atoms with E-state index in [9.17, 15) is 18.0 Å². The lowest BCUT2D eigenvalue weighted by Gasteiger charge is -2.40. The molecule has 0 atom stereocenters. The number of carbonyl (C=O) groups is 2. The highest BCUT2D eigenvalue weighted by molar-refractivity contribution is 6.05. The number of carboxylic acids is 1. The third-order valence-corrected chi connectivity index (χ3v) is 8.74. The van der Waals surface area contributed by atoms with Gasteiger partial charge in [0.2, 0.25) is 5.95 Å². The van der Waals surface area contributed by atoms with Crippen LogP contribution in [0.15, 0.2) is 30.5 Å². The van der Waals surface area contributed by atoms with Crippen molar-refractivity contribution in [3.8, 4) is 11.4 Å². The van der Waals surface area contributed by atoms with Crippen LogP contribution in [0.1, 0.15) is 73.1 Å². The van der Waals surface area contributed by atoms with Crippen LogP contribution in [0.4, 0.5) is 24.8 Å². The van der Waals surface area contributed by atoms with Crippen molar-refractivity contribution >= 4 is 23.5 Å². The highest BCUT2D eigenvalue weighted by Gasteiger charge is 2.39. The summed E-state index contributed by atoms with van der Waals surface area (Å²) in [4.78, 5) is 36.0. The standard InChI is InChI=1S/C29H38N8O.C2HF3O2/c1-29(2)16-20-17-31-28(30)33-24(20)25-23(29)26(35-34-25)27(38)32-21-8-6-19(7-9-21)18-36-14-10-22(11-15-36)37-12-4-3-5-13-37;3-2(4,5)1(6)7/h6-9,17,22H,3-5,10-16,18H2,1-2H3,(H,32,38)(H,34,35)(H2,30,31,33);(H,6,7). The number of likely N-dealkylation sites (tertiary alicyclic amines) is 2. The van der Waals surface area contributed by atoms with Crippen molar-refractivity contribution in [2.24, 2.45) is 0 Å². The van der Waals surface area contributed by atoms with Crippen LogP contribution in [0.2, 0.25) is 0 Å². The molecule has 0 radical (unpaired) electrons. The molecule has 2 aromatic heterocycles. The number of nitrogens with zero attached hydrogens (tertiary/aromatic N) is 5. The largest absolute Gasteiger partial charge is 0.490 e. The maximum atomic E-state index is 13.3. The minimum absolute atomic E-state index is 0.210. The minimum Gasteiger partial charge on any atom is -0.475 e. The first-order chi connectivity index (χ1) is 21.3. The smallest absolute Gasteiger partial charge is 0.475 e. The molecule has 1 amide bonds. The van der Waals surface area contributed by atoms with E-state index in [0.717, 1.165) is 53.9 Å². The van der Waals surface area contributed by atoms with Gasteiger partial charge in [-0.1, -0.05) is 32.4 Å². The Morgan fingerprint density at radius 1 is 1.09 bits per heavy atom. The monoisotopic (exact) mass is 628 g/mol. The maximum Gasteiger partial charge on any atom is 0.490 e. The summed E-state index contributed by atoms with van der Waals surface area (Å²) in [6.07, 6.45) is 4.04. The average molecular weight is 629 g/mol. The zero-order valence-corrected chi connectivity index (χ0v) is 25.5. The molecule has 14 heteroatoms. The Morgan fingerprint density at radius 2 is 1.73 bits per heavy atom. The Hall–Kier alpha value is -4.04. The second-order valence-electron chi connectivity index (χ2n) is 12.5. The fraction of sp³-hybridized carbons (Fsp3) is 0.516. The summed E-state index contributed by atoms with van der Waals surface area (Å²) in [7, 11) is 0. The summed E-state index contributed by atoms with van der Waals surface area (Å²) >= 11 is 0. The number of hydrogen-bond acceptors (Lipinski definition) is 8. The number of nitrogens with two attached hydrogens (primary N) is 1. The van der Waals surface area contributed by atoms with Crippen LogP contribution in [0.3, 0.4) is 0 Å². The molecule has 11 nitrogen and oxygen atoms in total. The van der Waals surface area contributed by atoms with Gasteiger partial charge in [0.05, 0.1) is 11.4 Å². The molecule has 1 aromatic carbocycles. The topological polar surface area (TPSA) is 153 Å². The van der Waals surface area contributed by atoms with Crippen LogP contribution in [-0.4, -0.2) is 85.3 Å². The Balaban J connectivity index is 0.000000515. The fourth-order valence-electron chi connectivity index (χ4n) is 6.54. The Morgan fingerprint density at radius 3 is 2.36 bits per heavy atom. The van der Waals surface area contributed by atoms with Gasteiger partial charge in [-0.05, 0) is 87.0 Å². The molecule has 0 bridgehead atoms. The number of hydrogen-bond donors (Lipinski definition) is 4. The van der Waals surface area contributed by atoms with Crippen molar-refractivity contribution in [3.63, 3.8) is 0 Å². The molecule has 5 N–H and O–H groups in total. The third-order valence-electron chi connectivity index (χ3n) is 8.74. The molecule has 3 aromatic rings. The number of aliphatic carboxylic acids is 1. The predicted octanol–water partition coefficient (Wildman–Crippen LogP) is 4.62. The molecule has 0 saturated carbocycles. The van der Waals surface area contributed by atoms with Gasteiger partial charge in [-0.15, -0.1) is 0 Å². The minimum atomic E-state index is -5.08. The van der Waals surface area contributed by atoms with Gasteiger partial charge in [-0.3, -0.25) is 14.8 Å². The second kappa shape index (κ2) is 13.1. The maximum absolute atomic E-state index is 13.3. The summed E-state index contributed by atoms with van der Waals surface area (Å²) < 4.78 is 31.7. The van der Waals surface area contributed by atoms with Crippen molar-refractivity contribution < 1.29 is 27.9 Å². The SMILES string of the molecule is CC1(C)Cc2cnc(N)nc2-c2[nH]nc(C(=O)Nc3ccc(CN4CCC(N5CCCCC5)CC4)cc3)c21.O=C(O)C(F)(F)F. The van der Waals surface area contributed by atoms with E-state index in [2.05, 4.69) is 61.3 Å². The van der Waals surface area contributed by atoms with Crippen LogP contribution in [0, 0.1) is 0 Å². The third kappa shape index (κ3) is 7.61. The van der Waals surface area contributed by atoms with Gasteiger partial charge in [-0.2, -0.15) is 18.3 Å². The normalized spacial score (nSPS) is 18.7. The quantitative estimate of drug-likeness (QED) is 0.317. The molecule has 2 fully saturated rings. The van der Waals surface area contributed by atoms with Crippen LogP contribution >= 0.6 is 0 Å². The van der Waals surface area contributed by atoms with E-state index in [1.165, 1.54) is 50.8 Å². The van der Waals surface area contributed by atoms with Crippen molar-refractivity contribution in [1.82, 2.24) is 30.0 Å². The van der Waals surface area contributed by atoms with E-state index in [0.29, 0.717) is 12.1 Å². The van der Waals surface area contributed by atoms with Crippen molar-refractivity contribution in [2.75, 3.05) is 37.2 Å². The van der Waals surface area contributed by atoms with Gasteiger partial charge >= 0.3 is 12.1 Å². The van der Waals surface area contributed by atoms with Gasteiger partial charge in [0, 0.05) is 30.0 Å². The number of nitrogens with one attached hydrogen (secondary N) is 2. The molecule has 0 unspecified atom stereocenters. The van der Waals surface area contributed by atoms with E-state index >= 15 is 0 Å². The first-order valence-corrected chi connectivity index (χ1v) is 15.2. The molecule has 1 aliphatic carbocycles. The Bertz CT molecular complexity index is 1510. The molecule has 0 spiro atoms. The number of carbonyl (C=O) groups excluding carboxylic acids is 1. The van der Waals surface area contributed by atoms with E-state index < -0.39 is 12.1 Å². The Labute approximate surface area is 259 Å². The van der Waals surface area contributed by atoms with Gasteiger partial charge in [0.1, 0.15) is 0 Å². The van der Waals surface area contributed by atoms with E-state index in [1.54, 1.807) is 6.20 Å². The number of rotatable bonds is 5. The number of piperidine rings is 2. The number of fused-ring (bicyclic) bond motifs is 3. The second-order valence-corrected chi connectivity index (χ2v) is 12.5. The zero-order valence-electron chi connectivity index (χ0n) is 25.5. The molecule has 2 saturated heterocycles. The lowest BCUT2D eigenvalue weighted by Crippen LogP contribution is -2.46. The van der Waals surface area contributed by atoms with Crippen molar-refractivity contribution in [3.05, 3.63) is 52.8 Å². The zero-order chi connectivity index (χ0) is 32.4. The van der Waals surface area contributed by atoms with E-state index in [1.807, 2.05) is 12.1 Å². The molecule has 45 heavy (non-hydrogen) atoms. The molecule has 4 heterocycles. The first kappa shape index (κ1) is 32.4. The van der Waals surface area contributed by atoms with Crippen LogP contribution in [-0.2, 0) is 23.2 Å². The summed E-state index contributed by atoms with van der Waals surface area (Å²) in [6, 6.07) is 8.97. The first-order valence-electron chi connectivity index (χ1n) is 15.2. The lowest BCUT2D eigenvalue weighted by atomic mass is 9.73. The lowest BCUT2D eigenvalue weighted by molar-refractivity contribution is -0.192. The summed E-state index contributed by atoms with van der Waals surface area (Å²) in [5.74, 6) is -2.78. The molecule has 2 aliphatic heterocycles. The molecule has 6 rings (SSSR count). The number of aromatic amines is 1. The van der Waals surface area contributed by atoms with Crippen molar-refractivity contribution in [2.45, 2.75) is 76.6 Å². The predicted molar refractivity (Wildman–Crippen MR) is 163 cm³/mol. The van der Waals surface area contributed by atoms with Crippen LogP contribution < -0.4 is 11.1 Å². The number of amides is 1. The number of H-pyrrole nitrogens is 1. The van der Waals surface area contributed by atoms with Crippen LogP contribution in [0.25, 0.3) is 11.4 Å². The van der Waals surface area contributed by atoms with Crippen LogP contribution in [0.5, 0.6) is 0 Å². The van der Waals surface area contributed by atoms with E-state index in [4.69, 9.17) is 15.6 Å². The molecule has 3 aliphatic rings. The summed E-state index contributed by atoms with van der Waals surface area (Å²) in [6.45, 7) is 10.0. The van der Waals surface area contributed by atoms with Crippen molar-refractivity contribution in [1.29, 1.82) is 0 Å². The van der Waals surface area contributed by atoms with E-state index in [-0.39, 0.29) is 17.3 Å². The summed E-state index contributed by atoms with van der Waals surface area (Å²) in [5, 5.41) is 17.6. The number of benzene rings is 1. The number of nitrogen functional groups attached to an aromatic ring is 1. The number of alkyl halides is 3. The number of carboxylic acid groups (broad SMARTS) is 1.